The highest BCUT2D eigenvalue weighted by molar-refractivity contribution is 6.05. The number of benzene rings is 2. The Morgan fingerprint density at radius 2 is 0.976 bits per heavy atom. The lowest BCUT2D eigenvalue weighted by molar-refractivity contribution is -0.160. The molecule has 8 heteroatoms. The van der Waals surface area contributed by atoms with Gasteiger partial charge in [0, 0.05) is 11.1 Å². The molecule has 226 valence electrons. The minimum Gasteiger partial charge on any atom is -0.465 e. The van der Waals surface area contributed by atoms with Crippen molar-refractivity contribution in [1.82, 2.24) is 0 Å². The maximum Gasteiger partial charge on any atom is 0.312 e. The fourth-order valence-electron chi connectivity index (χ4n) is 6.26. The number of carbonyl (C=O) groups excluding carboxylic acids is 4. The van der Waals surface area contributed by atoms with Crippen LogP contribution >= 0.6 is 0 Å². The van der Waals surface area contributed by atoms with Crippen LogP contribution in [0.15, 0.2) is 60.7 Å². The van der Waals surface area contributed by atoms with Gasteiger partial charge in [-0.1, -0.05) is 86.3 Å². The molecule has 0 amide bonds. The molecule has 2 N–H and O–H groups in total. The molecule has 4 rings (SSSR count). The quantitative estimate of drug-likeness (QED) is 0.188. The summed E-state index contributed by atoms with van der Waals surface area (Å²) in [6.07, 6.45) is 6.82. The van der Waals surface area contributed by atoms with Gasteiger partial charge in [-0.05, 0) is 51.4 Å². The van der Waals surface area contributed by atoms with Crippen molar-refractivity contribution in [3.63, 3.8) is 0 Å². The summed E-state index contributed by atoms with van der Waals surface area (Å²) in [5, 5.41) is 22.5. The molecule has 2 aromatic carbocycles. The molecular formula is C34H42O8. The van der Waals surface area contributed by atoms with Gasteiger partial charge in [0.1, 0.15) is 11.2 Å². The van der Waals surface area contributed by atoms with Gasteiger partial charge in [0.05, 0.1) is 25.0 Å². The second kappa shape index (κ2) is 14.7. The number of hydrogen-bond donors (Lipinski definition) is 2. The SMILES string of the molecule is O=C(OCCCCCCOC(=O)C1CCCCC1(O)C(=O)c1ccccc1)C1CCCCC1(O)C(=O)c1ccccc1. The van der Waals surface area contributed by atoms with Gasteiger partial charge < -0.3 is 19.7 Å². The van der Waals surface area contributed by atoms with Gasteiger partial charge in [-0.2, -0.15) is 0 Å². The van der Waals surface area contributed by atoms with Crippen LogP contribution in [-0.4, -0.2) is 58.1 Å². The van der Waals surface area contributed by atoms with Crippen molar-refractivity contribution in [3.05, 3.63) is 71.8 Å². The normalized spacial score (nSPS) is 25.8. The van der Waals surface area contributed by atoms with Crippen molar-refractivity contribution in [1.29, 1.82) is 0 Å². The fourth-order valence-corrected chi connectivity index (χ4v) is 6.26. The molecule has 0 radical (unpaired) electrons. The van der Waals surface area contributed by atoms with E-state index >= 15 is 0 Å². The van der Waals surface area contributed by atoms with Crippen LogP contribution in [0.3, 0.4) is 0 Å². The van der Waals surface area contributed by atoms with Gasteiger partial charge in [0.25, 0.3) is 0 Å². The summed E-state index contributed by atoms with van der Waals surface area (Å²) in [5.41, 5.74) is -2.74. The molecule has 0 aromatic heterocycles. The van der Waals surface area contributed by atoms with E-state index in [4.69, 9.17) is 9.47 Å². The third-order valence-corrected chi connectivity index (χ3v) is 8.71. The third kappa shape index (κ3) is 7.34. The Balaban J connectivity index is 1.17. The minimum absolute atomic E-state index is 0.182. The number of ether oxygens (including phenoxy) is 2. The van der Waals surface area contributed by atoms with Gasteiger partial charge in [0.2, 0.25) is 0 Å². The summed E-state index contributed by atoms with van der Waals surface area (Å²) in [4.78, 5) is 51.9. The van der Waals surface area contributed by atoms with Crippen LogP contribution in [0, 0.1) is 11.8 Å². The molecule has 2 aromatic rings. The van der Waals surface area contributed by atoms with Crippen molar-refractivity contribution in [2.75, 3.05) is 13.2 Å². The fraction of sp³-hybridized carbons (Fsp3) is 0.529. The molecule has 42 heavy (non-hydrogen) atoms. The average molecular weight is 579 g/mol. The molecule has 2 fully saturated rings. The lowest BCUT2D eigenvalue weighted by Crippen LogP contribution is -2.51. The van der Waals surface area contributed by atoms with Gasteiger partial charge >= 0.3 is 11.9 Å². The zero-order chi connectivity index (χ0) is 30.0. The van der Waals surface area contributed by atoms with E-state index < -0.39 is 46.5 Å². The topological polar surface area (TPSA) is 127 Å². The zero-order valence-electron chi connectivity index (χ0n) is 24.2. The maximum absolute atomic E-state index is 13.1. The summed E-state index contributed by atoms with van der Waals surface area (Å²) in [6.45, 7) is 0.364. The number of hydrogen-bond acceptors (Lipinski definition) is 8. The first kappa shape index (κ1) is 31.6. The lowest BCUT2D eigenvalue weighted by atomic mass is 9.71. The molecule has 0 heterocycles. The smallest absolute Gasteiger partial charge is 0.312 e. The largest absolute Gasteiger partial charge is 0.465 e. The Morgan fingerprint density at radius 3 is 1.36 bits per heavy atom. The Bertz CT molecular complexity index is 1120. The molecule has 2 aliphatic rings. The predicted octanol–water partition coefficient (Wildman–Crippen LogP) is 5.24. The summed E-state index contributed by atoms with van der Waals surface area (Å²) in [7, 11) is 0. The molecule has 2 saturated carbocycles. The molecule has 0 spiro atoms. The Morgan fingerprint density at radius 1 is 0.595 bits per heavy atom. The second-order valence-electron chi connectivity index (χ2n) is 11.6. The number of unbranched alkanes of at least 4 members (excludes halogenated alkanes) is 3. The van der Waals surface area contributed by atoms with E-state index in [9.17, 15) is 29.4 Å². The molecule has 4 atom stereocenters. The molecule has 8 nitrogen and oxygen atoms in total. The highest BCUT2D eigenvalue weighted by atomic mass is 16.5. The van der Waals surface area contributed by atoms with Crippen molar-refractivity contribution in [3.8, 4) is 0 Å². The number of Topliss-reactive ketones (excluding diaryl/α,β-unsaturated/α-hetero) is 2. The summed E-state index contributed by atoms with van der Waals surface area (Å²) < 4.78 is 10.9. The lowest BCUT2D eigenvalue weighted by Gasteiger charge is -2.37. The van der Waals surface area contributed by atoms with E-state index in [2.05, 4.69) is 0 Å². The Hall–Kier alpha value is -3.36. The molecular weight excluding hydrogens is 536 g/mol. The number of carbonyl (C=O) groups is 4. The van der Waals surface area contributed by atoms with Crippen molar-refractivity contribution >= 4 is 23.5 Å². The van der Waals surface area contributed by atoms with Gasteiger partial charge in [-0.25, -0.2) is 0 Å². The van der Waals surface area contributed by atoms with Crippen LogP contribution in [-0.2, 0) is 19.1 Å². The number of aliphatic hydroxyl groups is 2. The first-order chi connectivity index (χ1) is 20.3. The van der Waals surface area contributed by atoms with Crippen LogP contribution in [0.2, 0.25) is 0 Å². The van der Waals surface area contributed by atoms with Crippen molar-refractivity contribution in [2.45, 2.75) is 88.3 Å². The van der Waals surface area contributed by atoms with E-state index in [0.29, 0.717) is 49.7 Å². The summed E-state index contributed by atoms with van der Waals surface area (Å²) in [5.74, 6) is -3.72. The van der Waals surface area contributed by atoms with Crippen LogP contribution in [0.1, 0.15) is 97.8 Å². The van der Waals surface area contributed by atoms with Crippen LogP contribution in [0.4, 0.5) is 0 Å². The van der Waals surface area contributed by atoms with E-state index in [1.807, 2.05) is 0 Å². The van der Waals surface area contributed by atoms with E-state index in [0.717, 1.165) is 25.7 Å². The highest BCUT2D eigenvalue weighted by Gasteiger charge is 2.51. The van der Waals surface area contributed by atoms with Crippen LogP contribution in [0.25, 0.3) is 0 Å². The van der Waals surface area contributed by atoms with Gasteiger partial charge in [-0.3, -0.25) is 19.2 Å². The number of rotatable bonds is 13. The van der Waals surface area contributed by atoms with E-state index in [1.54, 1.807) is 60.7 Å². The van der Waals surface area contributed by atoms with Crippen LogP contribution < -0.4 is 0 Å². The standard InChI is InChI=1S/C34H42O8/c35-29(25-15-5-3-6-16-25)33(39)21-11-9-19-27(33)31(37)41-23-13-1-2-14-24-42-32(38)28-20-10-12-22-34(28,40)30(36)26-17-7-4-8-18-26/h3-8,15-18,27-28,39-40H,1-2,9-14,19-24H2. The predicted molar refractivity (Wildman–Crippen MR) is 156 cm³/mol. The number of esters is 2. The third-order valence-electron chi connectivity index (χ3n) is 8.71. The molecule has 0 saturated heterocycles. The maximum atomic E-state index is 13.1. The molecule has 0 bridgehead atoms. The summed E-state index contributed by atoms with van der Waals surface area (Å²) >= 11 is 0. The first-order valence-electron chi connectivity index (χ1n) is 15.2. The molecule has 4 unspecified atom stereocenters. The van der Waals surface area contributed by atoms with Crippen LogP contribution in [0.5, 0.6) is 0 Å². The minimum atomic E-state index is -1.75. The van der Waals surface area contributed by atoms with Crippen molar-refractivity contribution in [2.24, 2.45) is 11.8 Å². The summed E-state index contributed by atoms with van der Waals surface area (Å²) in [6, 6.07) is 17.1. The van der Waals surface area contributed by atoms with Gasteiger partial charge in [0.15, 0.2) is 11.6 Å². The zero-order valence-corrected chi connectivity index (χ0v) is 24.2. The van der Waals surface area contributed by atoms with E-state index in [-0.39, 0.29) is 26.1 Å². The second-order valence-corrected chi connectivity index (χ2v) is 11.6. The van der Waals surface area contributed by atoms with E-state index in [1.165, 1.54) is 0 Å². The van der Waals surface area contributed by atoms with Crippen molar-refractivity contribution < 1.29 is 38.9 Å². The molecule has 2 aliphatic carbocycles. The Labute approximate surface area is 247 Å². The van der Waals surface area contributed by atoms with Gasteiger partial charge in [-0.15, -0.1) is 0 Å². The number of ketones is 2. The molecule has 0 aliphatic heterocycles. The first-order valence-corrected chi connectivity index (χ1v) is 15.2. The average Bonchev–Trinajstić information content (AvgIpc) is 3.02. The highest BCUT2D eigenvalue weighted by Crippen LogP contribution is 2.38. The Kier molecular flexibility index (Phi) is 11.0. The monoisotopic (exact) mass is 578 g/mol.